The van der Waals surface area contributed by atoms with Gasteiger partial charge in [0.15, 0.2) is 0 Å². The Bertz CT molecular complexity index is 470. The van der Waals surface area contributed by atoms with Crippen LogP contribution in [0.15, 0.2) is 12.7 Å². The molecule has 0 rings (SSSR count). The molecule has 0 spiro atoms. The minimum atomic E-state index is -0.634. The van der Waals surface area contributed by atoms with E-state index < -0.39 is 24.1 Å². The topological polar surface area (TPSA) is 141 Å². The van der Waals surface area contributed by atoms with Gasteiger partial charge >= 0.3 is 24.1 Å². The lowest BCUT2D eigenvalue weighted by Gasteiger charge is -2.09. The fourth-order valence-electron chi connectivity index (χ4n) is 1.37. The van der Waals surface area contributed by atoms with E-state index in [-0.39, 0.29) is 39.5 Å². The van der Waals surface area contributed by atoms with Gasteiger partial charge in [-0.15, -0.1) is 0 Å². The van der Waals surface area contributed by atoms with Crippen LogP contribution in [-0.4, -0.2) is 76.7 Å². The van der Waals surface area contributed by atoms with Gasteiger partial charge in [-0.1, -0.05) is 6.58 Å². The number of amides is 2. The van der Waals surface area contributed by atoms with E-state index in [1.54, 1.807) is 0 Å². The highest BCUT2D eigenvalue weighted by Crippen LogP contribution is 1.81. The molecule has 0 saturated carbocycles. The van der Waals surface area contributed by atoms with E-state index in [1.807, 2.05) is 0 Å². The molecule has 0 saturated heterocycles. The van der Waals surface area contributed by atoms with Crippen LogP contribution in [0.4, 0.5) is 9.59 Å². The van der Waals surface area contributed by atoms with Gasteiger partial charge in [-0.05, 0) is 0 Å². The zero-order valence-electron chi connectivity index (χ0n) is 14.7. The summed E-state index contributed by atoms with van der Waals surface area (Å²) in [6, 6.07) is 0. The average Bonchev–Trinajstić information content (AvgIpc) is 2.61. The summed E-state index contributed by atoms with van der Waals surface area (Å²) < 4.78 is 19.0. The smallest absolute Gasteiger partial charge is 0.407 e. The van der Waals surface area contributed by atoms with Crippen LogP contribution in [0.3, 0.4) is 0 Å². The third kappa shape index (κ3) is 16.1. The summed E-state index contributed by atoms with van der Waals surface area (Å²) in [6.07, 6.45) is -0.225. The SMILES string of the molecule is C=CC(=O)OCCNC(=O)OCCNCCOC(=O)NCCOC(C)=O. The fraction of sp³-hybridized carbons (Fsp3) is 0.600. The number of alkyl carbamates (subject to hydrolysis) is 2. The predicted molar refractivity (Wildman–Crippen MR) is 89.4 cm³/mol. The molecular formula is C15H25N3O8. The second-order valence-corrected chi connectivity index (χ2v) is 4.59. The van der Waals surface area contributed by atoms with Crippen molar-refractivity contribution >= 4 is 24.1 Å². The van der Waals surface area contributed by atoms with E-state index >= 15 is 0 Å². The molecule has 0 aliphatic carbocycles. The zero-order valence-corrected chi connectivity index (χ0v) is 14.7. The van der Waals surface area contributed by atoms with Crippen LogP contribution in [0.5, 0.6) is 0 Å². The summed E-state index contributed by atoms with van der Waals surface area (Å²) >= 11 is 0. The second kappa shape index (κ2) is 15.7. The molecule has 0 aliphatic rings. The van der Waals surface area contributed by atoms with Crippen molar-refractivity contribution in [1.29, 1.82) is 0 Å². The van der Waals surface area contributed by atoms with E-state index in [0.717, 1.165) is 6.08 Å². The van der Waals surface area contributed by atoms with Gasteiger partial charge in [0.05, 0.1) is 13.1 Å². The first-order valence-corrected chi connectivity index (χ1v) is 7.90. The van der Waals surface area contributed by atoms with Crippen molar-refractivity contribution in [1.82, 2.24) is 16.0 Å². The quantitative estimate of drug-likeness (QED) is 0.165. The van der Waals surface area contributed by atoms with E-state index in [9.17, 15) is 19.2 Å². The van der Waals surface area contributed by atoms with E-state index in [0.29, 0.717) is 13.1 Å². The number of hydrogen-bond acceptors (Lipinski definition) is 9. The molecule has 3 N–H and O–H groups in total. The Balaban J connectivity index is 3.37. The first-order valence-electron chi connectivity index (χ1n) is 7.90. The Labute approximate surface area is 151 Å². The van der Waals surface area contributed by atoms with Gasteiger partial charge in [0.2, 0.25) is 0 Å². The van der Waals surface area contributed by atoms with Crippen LogP contribution in [0, 0.1) is 0 Å². The first-order chi connectivity index (χ1) is 12.5. The highest BCUT2D eigenvalue weighted by Gasteiger charge is 2.03. The Morgan fingerprint density at radius 1 is 0.769 bits per heavy atom. The van der Waals surface area contributed by atoms with Crippen molar-refractivity contribution in [2.75, 3.05) is 52.6 Å². The van der Waals surface area contributed by atoms with E-state index in [1.165, 1.54) is 6.92 Å². The average molecular weight is 375 g/mol. The molecule has 0 aromatic heterocycles. The molecule has 11 heteroatoms. The molecule has 11 nitrogen and oxygen atoms in total. The lowest BCUT2D eigenvalue weighted by atomic mass is 10.6. The third-order valence-electron chi connectivity index (χ3n) is 2.48. The molecule has 0 aromatic carbocycles. The van der Waals surface area contributed by atoms with Crippen molar-refractivity contribution in [3.63, 3.8) is 0 Å². The number of ether oxygens (including phenoxy) is 4. The molecule has 0 unspecified atom stereocenters. The second-order valence-electron chi connectivity index (χ2n) is 4.59. The highest BCUT2D eigenvalue weighted by atomic mass is 16.6. The van der Waals surface area contributed by atoms with Crippen molar-refractivity contribution in [2.45, 2.75) is 6.92 Å². The molecule has 0 atom stereocenters. The fourth-order valence-corrected chi connectivity index (χ4v) is 1.37. The first kappa shape index (κ1) is 23.2. The molecule has 2 amide bonds. The van der Waals surface area contributed by atoms with Crippen LogP contribution in [0.2, 0.25) is 0 Å². The monoisotopic (exact) mass is 375 g/mol. The number of hydrogen-bond donors (Lipinski definition) is 3. The Morgan fingerprint density at radius 2 is 1.23 bits per heavy atom. The lowest BCUT2D eigenvalue weighted by molar-refractivity contribution is -0.141. The van der Waals surface area contributed by atoms with Gasteiger partial charge in [0.1, 0.15) is 26.4 Å². The molecular weight excluding hydrogens is 350 g/mol. The van der Waals surface area contributed by atoms with E-state index in [4.69, 9.17) is 9.47 Å². The van der Waals surface area contributed by atoms with Crippen molar-refractivity contribution in [3.8, 4) is 0 Å². The maximum Gasteiger partial charge on any atom is 0.407 e. The van der Waals surface area contributed by atoms with Crippen LogP contribution in [0.25, 0.3) is 0 Å². The minimum absolute atomic E-state index is 0.0263. The van der Waals surface area contributed by atoms with Crippen LogP contribution >= 0.6 is 0 Å². The molecule has 0 aliphatic heterocycles. The molecule has 0 fully saturated rings. The maximum absolute atomic E-state index is 11.3. The zero-order chi connectivity index (χ0) is 19.6. The van der Waals surface area contributed by atoms with E-state index in [2.05, 4.69) is 32.0 Å². The molecule has 0 heterocycles. The summed E-state index contributed by atoms with van der Waals surface area (Å²) in [5, 5.41) is 7.72. The Hall–Kier alpha value is -2.82. The predicted octanol–water partition coefficient (Wildman–Crippen LogP) is -0.679. The summed E-state index contributed by atoms with van der Waals surface area (Å²) in [6.45, 7) is 5.91. The van der Waals surface area contributed by atoms with Gasteiger partial charge in [-0.2, -0.15) is 0 Å². The van der Waals surface area contributed by atoms with Crippen molar-refractivity contribution < 1.29 is 38.1 Å². The Morgan fingerprint density at radius 3 is 1.69 bits per heavy atom. The van der Waals surface area contributed by atoms with Crippen LogP contribution in [-0.2, 0) is 28.5 Å². The summed E-state index contributed by atoms with van der Waals surface area (Å²) in [5.74, 6) is -0.985. The standard InChI is InChI=1S/C15H25N3O8/c1-3-13(20)24-11-7-18-15(22)26-9-5-16-4-8-25-14(21)17-6-10-23-12(2)19/h3,16H,1,4-11H2,2H3,(H,17,21)(H,18,22). The third-order valence-corrected chi connectivity index (χ3v) is 2.48. The van der Waals surface area contributed by atoms with Crippen molar-refractivity contribution in [2.24, 2.45) is 0 Å². The lowest BCUT2D eigenvalue weighted by Crippen LogP contribution is -2.33. The number of carbonyl (C=O) groups is 4. The number of nitrogens with one attached hydrogen (secondary N) is 3. The normalized spacial score (nSPS) is 9.58. The van der Waals surface area contributed by atoms with Crippen molar-refractivity contribution in [3.05, 3.63) is 12.7 Å². The van der Waals surface area contributed by atoms with Gasteiger partial charge in [-0.25, -0.2) is 14.4 Å². The Kier molecular flexibility index (Phi) is 14.0. The summed E-state index contributed by atoms with van der Waals surface area (Å²) in [7, 11) is 0. The molecule has 26 heavy (non-hydrogen) atoms. The van der Waals surface area contributed by atoms with Crippen LogP contribution < -0.4 is 16.0 Å². The minimum Gasteiger partial charge on any atom is -0.464 e. The van der Waals surface area contributed by atoms with Gasteiger partial charge in [0, 0.05) is 26.1 Å². The molecule has 0 radical (unpaired) electrons. The summed E-state index contributed by atoms with van der Waals surface area (Å²) in [4.78, 5) is 43.7. The van der Waals surface area contributed by atoms with Gasteiger partial charge in [0.25, 0.3) is 0 Å². The number of rotatable bonds is 13. The number of carbonyl (C=O) groups excluding carboxylic acids is 4. The maximum atomic E-state index is 11.3. The van der Waals surface area contributed by atoms with Crippen LogP contribution in [0.1, 0.15) is 6.92 Å². The molecule has 0 bridgehead atoms. The number of esters is 2. The largest absolute Gasteiger partial charge is 0.464 e. The summed E-state index contributed by atoms with van der Waals surface area (Å²) in [5.41, 5.74) is 0. The van der Waals surface area contributed by atoms with Gasteiger partial charge in [-0.3, -0.25) is 4.79 Å². The highest BCUT2D eigenvalue weighted by molar-refractivity contribution is 5.81. The molecule has 148 valence electrons. The van der Waals surface area contributed by atoms with Gasteiger partial charge < -0.3 is 34.9 Å². The molecule has 0 aromatic rings.